The number of nitrogens with one attached hydrogen (secondary N) is 1. The second kappa shape index (κ2) is 8.40. The summed E-state index contributed by atoms with van der Waals surface area (Å²) in [4.78, 5) is 19.5. The minimum Gasteiger partial charge on any atom is -0.378 e. The molecule has 3 heterocycles. The molecule has 2 aromatic heterocycles. The summed E-state index contributed by atoms with van der Waals surface area (Å²) in [5.41, 5.74) is 2.43. The number of hydrogen-bond acceptors (Lipinski definition) is 8. The lowest BCUT2D eigenvalue weighted by atomic mass is 10.1. The number of anilines is 1. The van der Waals surface area contributed by atoms with Crippen molar-refractivity contribution in [3.05, 3.63) is 46.2 Å². The molecule has 1 aliphatic rings. The quantitative estimate of drug-likeness (QED) is 0.620. The third-order valence-corrected chi connectivity index (χ3v) is 7.45. The van der Waals surface area contributed by atoms with Gasteiger partial charge in [-0.2, -0.15) is 4.98 Å². The molecule has 0 radical (unpaired) electrons. The molecule has 1 aromatic carbocycles. The first-order valence-electron chi connectivity index (χ1n) is 9.65. The van der Waals surface area contributed by atoms with E-state index >= 15 is 0 Å². The van der Waals surface area contributed by atoms with Crippen LogP contribution in [0, 0.1) is 20.8 Å². The Morgan fingerprint density at radius 3 is 2.45 bits per heavy atom. The van der Waals surface area contributed by atoms with Gasteiger partial charge in [0.1, 0.15) is 4.90 Å². The van der Waals surface area contributed by atoms with Crippen molar-refractivity contribution < 1.29 is 22.5 Å². The van der Waals surface area contributed by atoms with E-state index in [1.54, 1.807) is 24.0 Å². The van der Waals surface area contributed by atoms with Gasteiger partial charge in [0.2, 0.25) is 5.82 Å². The predicted molar refractivity (Wildman–Crippen MR) is 116 cm³/mol. The SMILES string of the molecule is Cc1cc(C)cc(NS(=O)(=O)c2cc(-c3noc(C(=O)N4CCOCC4)n3)sc2C)c1. The van der Waals surface area contributed by atoms with Crippen LogP contribution in [0.5, 0.6) is 0 Å². The van der Waals surface area contributed by atoms with E-state index in [1.807, 2.05) is 19.9 Å². The Hall–Kier alpha value is -2.76. The van der Waals surface area contributed by atoms with Gasteiger partial charge in [-0.1, -0.05) is 11.2 Å². The Morgan fingerprint density at radius 1 is 1.10 bits per heavy atom. The van der Waals surface area contributed by atoms with E-state index in [-0.39, 0.29) is 22.5 Å². The van der Waals surface area contributed by atoms with E-state index in [2.05, 4.69) is 14.9 Å². The van der Waals surface area contributed by atoms with Crippen LogP contribution in [0.25, 0.3) is 10.7 Å². The minimum absolute atomic E-state index is 0.124. The maximum Gasteiger partial charge on any atom is 0.316 e. The lowest BCUT2D eigenvalue weighted by Gasteiger charge is -2.25. The minimum atomic E-state index is -3.81. The van der Waals surface area contributed by atoms with Crippen molar-refractivity contribution in [3.8, 4) is 10.7 Å². The Kier molecular flexibility index (Phi) is 5.82. The number of aryl methyl sites for hydroxylation is 3. The zero-order chi connectivity index (χ0) is 22.2. The van der Waals surface area contributed by atoms with Crippen LogP contribution in [0.2, 0.25) is 0 Å². The second-order valence-corrected chi connectivity index (χ2v) is 10.2. The van der Waals surface area contributed by atoms with Gasteiger partial charge in [-0.25, -0.2) is 8.42 Å². The number of benzene rings is 1. The van der Waals surface area contributed by atoms with Gasteiger partial charge in [-0.05, 0) is 50.1 Å². The second-order valence-electron chi connectivity index (χ2n) is 7.34. The lowest BCUT2D eigenvalue weighted by molar-refractivity contribution is 0.0272. The number of hydrogen-bond donors (Lipinski definition) is 1. The molecule has 4 rings (SSSR count). The smallest absolute Gasteiger partial charge is 0.316 e. The zero-order valence-corrected chi connectivity index (χ0v) is 19.0. The van der Waals surface area contributed by atoms with Gasteiger partial charge in [0.25, 0.3) is 10.0 Å². The van der Waals surface area contributed by atoms with E-state index in [1.165, 1.54) is 17.4 Å². The number of aromatic nitrogens is 2. The Bertz CT molecular complexity index is 1210. The number of carbonyl (C=O) groups excluding carboxylic acids is 1. The molecule has 0 saturated carbocycles. The fraction of sp³-hybridized carbons (Fsp3) is 0.350. The highest BCUT2D eigenvalue weighted by Crippen LogP contribution is 2.33. The first-order chi connectivity index (χ1) is 14.7. The number of amides is 1. The van der Waals surface area contributed by atoms with Crippen LogP contribution < -0.4 is 4.72 Å². The largest absolute Gasteiger partial charge is 0.378 e. The van der Waals surface area contributed by atoms with Gasteiger partial charge in [0.05, 0.1) is 18.1 Å². The fourth-order valence-electron chi connectivity index (χ4n) is 3.40. The van der Waals surface area contributed by atoms with Gasteiger partial charge in [0.15, 0.2) is 0 Å². The molecule has 1 fully saturated rings. The summed E-state index contributed by atoms with van der Waals surface area (Å²) in [6.07, 6.45) is 0. The molecule has 0 atom stereocenters. The molecule has 31 heavy (non-hydrogen) atoms. The highest BCUT2D eigenvalue weighted by molar-refractivity contribution is 7.93. The van der Waals surface area contributed by atoms with E-state index in [4.69, 9.17) is 9.26 Å². The van der Waals surface area contributed by atoms with E-state index in [0.29, 0.717) is 41.7 Å². The first kappa shape index (κ1) is 21.5. The molecule has 1 aliphatic heterocycles. The van der Waals surface area contributed by atoms with Gasteiger partial charge >= 0.3 is 11.8 Å². The van der Waals surface area contributed by atoms with Crippen LogP contribution >= 0.6 is 11.3 Å². The van der Waals surface area contributed by atoms with Crippen molar-refractivity contribution in [1.29, 1.82) is 0 Å². The van der Waals surface area contributed by atoms with Crippen LogP contribution in [0.3, 0.4) is 0 Å². The summed E-state index contributed by atoms with van der Waals surface area (Å²) in [5.74, 6) is -0.307. The summed E-state index contributed by atoms with van der Waals surface area (Å²) in [5, 5.41) is 3.88. The number of ether oxygens (including phenoxy) is 1. The Morgan fingerprint density at radius 2 is 1.77 bits per heavy atom. The predicted octanol–water partition coefficient (Wildman–Crippen LogP) is 3.00. The number of sulfonamides is 1. The maximum atomic E-state index is 13.0. The fourth-order valence-corrected chi connectivity index (χ4v) is 5.96. The third kappa shape index (κ3) is 4.63. The summed E-state index contributed by atoms with van der Waals surface area (Å²) in [6, 6.07) is 7.02. The zero-order valence-electron chi connectivity index (χ0n) is 17.3. The topological polar surface area (TPSA) is 115 Å². The number of thiophene rings is 1. The van der Waals surface area contributed by atoms with Crippen molar-refractivity contribution in [1.82, 2.24) is 15.0 Å². The molecule has 0 unspecified atom stereocenters. The Labute approximate surface area is 184 Å². The molecule has 164 valence electrons. The molecule has 0 bridgehead atoms. The van der Waals surface area contributed by atoms with Crippen LogP contribution in [0.1, 0.15) is 26.7 Å². The molecule has 11 heteroatoms. The molecule has 0 aliphatic carbocycles. The molecule has 0 spiro atoms. The van der Waals surface area contributed by atoms with Gasteiger partial charge in [0, 0.05) is 23.7 Å². The Balaban J connectivity index is 1.57. The molecule has 9 nitrogen and oxygen atoms in total. The summed E-state index contributed by atoms with van der Waals surface area (Å²) in [7, 11) is -3.81. The normalized spacial score (nSPS) is 14.6. The summed E-state index contributed by atoms with van der Waals surface area (Å²) < 4.78 is 38.9. The van der Waals surface area contributed by atoms with Crippen molar-refractivity contribution in [2.45, 2.75) is 25.7 Å². The first-order valence-corrected chi connectivity index (χ1v) is 12.0. The number of carbonyl (C=O) groups is 1. The van der Waals surface area contributed by atoms with E-state index in [9.17, 15) is 13.2 Å². The average molecular weight is 463 g/mol. The molecular weight excluding hydrogens is 440 g/mol. The van der Waals surface area contributed by atoms with Crippen LogP contribution in [0.4, 0.5) is 5.69 Å². The number of rotatable bonds is 5. The molecule has 1 saturated heterocycles. The molecular formula is C20H22N4O5S2. The molecule has 1 amide bonds. The standard InChI is InChI=1S/C20H22N4O5S2/c1-12-8-13(2)10-15(9-12)23-31(26,27)17-11-16(30-14(17)3)18-21-19(29-22-18)20(25)24-4-6-28-7-5-24/h8-11,23H,4-7H2,1-3H3. The van der Waals surface area contributed by atoms with Crippen molar-refractivity contribution in [2.75, 3.05) is 31.0 Å². The highest BCUT2D eigenvalue weighted by Gasteiger charge is 2.26. The molecule has 1 N–H and O–H groups in total. The highest BCUT2D eigenvalue weighted by atomic mass is 32.2. The monoisotopic (exact) mass is 462 g/mol. The van der Waals surface area contributed by atoms with E-state index < -0.39 is 10.0 Å². The third-order valence-electron chi connectivity index (χ3n) is 4.76. The van der Waals surface area contributed by atoms with Gasteiger partial charge < -0.3 is 14.2 Å². The van der Waals surface area contributed by atoms with E-state index in [0.717, 1.165) is 11.1 Å². The van der Waals surface area contributed by atoms with Crippen LogP contribution in [0.15, 0.2) is 33.7 Å². The van der Waals surface area contributed by atoms with Crippen molar-refractivity contribution >= 4 is 33.0 Å². The average Bonchev–Trinajstić information content (AvgIpc) is 3.34. The maximum absolute atomic E-state index is 13.0. The van der Waals surface area contributed by atoms with Gasteiger partial charge in [-0.15, -0.1) is 11.3 Å². The lowest BCUT2D eigenvalue weighted by Crippen LogP contribution is -2.40. The molecule has 3 aromatic rings. The van der Waals surface area contributed by atoms with Gasteiger partial charge in [-0.3, -0.25) is 9.52 Å². The van der Waals surface area contributed by atoms with Crippen LogP contribution in [-0.4, -0.2) is 55.7 Å². The number of nitrogens with zero attached hydrogens (tertiary/aromatic N) is 3. The number of morpholine rings is 1. The summed E-state index contributed by atoms with van der Waals surface area (Å²) >= 11 is 1.22. The van der Waals surface area contributed by atoms with Crippen LogP contribution in [-0.2, 0) is 14.8 Å². The van der Waals surface area contributed by atoms with Crippen molar-refractivity contribution in [2.24, 2.45) is 0 Å². The van der Waals surface area contributed by atoms with Crippen molar-refractivity contribution in [3.63, 3.8) is 0 Å². The summed E-state index contributed by atoms with van der Waals surface area (Å²) in [6.45, 7) is 7.37.